The molecule has 1 aromatic heterocycles. The maximum Gasteiger partial charge on any atom is 0.274 e. The molecule has 11 heteroatoms. The number of carbonyl (C=O) groups excluding carboxylic acids is 1. The van der Waals surface area contributed by atoms with Crippen LogP contribution in [0.15, 0.2) is 35.6 Å². The second-order valence-corrected chi connectivity index (χ2v) is 12.5. The highest BCUT2D eigenvalue weighted by Crippen LogP contribution is 2.25. The third-order valence-electron chi connectivity index (χ3n) is 5.37. The molecule has 0 aliphatic carbocycles. The fraction of sp³-hybridized carbons (Fsp3) is 0.476. The number of carbonyl (C=O) groups is 1. The van der Waals surface area contributed by atoms with E-state index in [0.29, 0.717) is 12.8 Å². The molecule has 0 radical (unpaired) electrons. The van der Waals surface area contributed by atoms with Gasteiger partial charge >= 0.3 is 0 Å². The van der Waals surface area contributed by atoms with Gasteiger partial charge in [0.2, 0.25) is 15.0 Å². The van der Waals surface area contributed by atoms with Crippen LogP contribution in [0.4, 0.5) is 0 Å². The Hall–Kier alpha value is -2.04. The van der Waals surface area contributed by atoms with Crippen molar-refractivity contribution < 1.29 is 21.6 Å². The summed E-state index contributed by atoms with van der Waals surface area (Å²) in [4.78, 5) is 22.7. The highest BCUT2D eigenvalue weighted by molar-refractivity contribution is 7.91. The zero-order chi connectivity index (χ0) is 23.5. The van der Waals surface area contributed by atoms with E-state index in [1.807, 2.05) is 31.2 Å². The van der Waals surface area contributed by atoms with Crippen molar-refractivity contribution >= 4 is 37.2 Å². The molecule has 2 heterocycles. The first-order chi connectivity index (χ1) is 15.1. The molecule has 1 aliphatic heterocycles. The van der Waals surface area contributed by atoms with E-state index < -0.39 is 36.8 Å². The number of rotatable bonds is 8. The Balaban J connectivity index is 1.99. The second-order valence-electron chi connectivity index (χ2n) is 7.83. The standard InChI is InChI=1S/C21H26ClN3O5S2/c1-3-10-32(29,30)21-23-12-18(22)19(24-21)20(26)25(17-9-11-31(27,28)14-17)13-16-7-5-15(4-2)6-8-16/h5-8,12,17H,3-4,9-11,13-14H2,1-2H3/t17-/m1/s1. The van der Waals surface area contributed by atoms with Crippen molar-refractivity contribution in [1.82, 2.24) is 14.9 Å². The first-order valence-electron chi connectivity index (χ1n) is 10.4. The zero-order valence-electron chi connectivity index (χ0n) is 18.0. The van der Waals surface area contributed by atoms with Crippen molar-refractivity contribution in [1.29, 1.82) is 0 Å². The molecule has 0 bridgehead atoms. The van der Waals surface area contributed by atoms with Gasteiger partial charge in [0.25, 0.3) is 5.91 Å². The van der Waals surface area contributed by atoms with Gasteiger partial charge in [0.1, 0.15) is 0 Å². The first kappa shape index (κ1) is 24.6. The van der Waals surface area contributed by atoms with Crippen molar-refractivity contribution in [3.63, 3.8) is 0 Å². The fourth-order valence-electron chi connectivity index (χ4n) is 3.61. The molecule has 8 nitrogen and oxygen atoms in total. The number of benzene rings is 1. The molecule has 0 saturated carbocycles. The molecule has 32 heavy (non-hydrogen) atoms. The Bertz CT molecular complexity index is 1200. The summed E-state index contributed by atoms with van der Waals surface area (Å²) >= 11 is 6.18. The molecule has 1 aliphatic rings. The monoisotopic (exact) mass is 499 g/mol. The molecular weight excluding hydrogens is 474 g/mol. The van der Waals surface area contributed by atoms with Crippen LogP contribution in [0.1, 0.15) is 48.3 Å². The Labute approximate surface area is 193 Å². The molecule has 0 N–H and O–H groups in total. The fourth-order valence-corrected chi connectivity index (χ4v) is 6.68. The summed E-state index contributed by atoms with van der Waals surface area (Å²) in [6.45, 7) is 3.90. The first-order valence-corrected chi connectivity index (χ1v) is 14.3. The normalized spacial score (nSPS) is 17.9. The molecule has 1 atom stereocenters. The van der Waals surface area contributed by atoms with Crippen LogP contribution in [0.3, 0.4) is 0 Å². The van der Waals surface area contributed by atoms with E-state index in [-0.39, 0.29) is 34.5 Å². The van der Waals surface area contributed by atoms with Crippen molar-refractivity contribution in [2.45, 2.75) is 50.9 Å². The average Bonchev–Trinajstić information content (AvgIpc) is 3.11. The summed E-state index contributed by atoms with van der Waals surface area (Å²) < 4.78 is 49.0. The minimum absolute atomic E-state index is 0.0101. The van der Waals surface area contributed by atoms with Crippen LogP contribution in [-0.4, -0.2) is 60.9 Å². The van der Waals surface area contributed by atoms with Crippen LogP contribution >= 0.6 is 11.6 Å². The Morgan fingerprint density at radius 3 is 2.41 bits per heavy atom. The van der Waals surface area contributed by atoms with Gasteiger partial charge in [-0.15, -0.1) is 0 Å². The molecule has 174 valence electrons. The lowest BCUT2D eigenvalue weighted by molar-refractivity contribution is 0.0674. The summed E-state index contributed by atoms with van der Waals surface area (Å²) in [7, 11) is -7.02. The summed E-state index contributed by atoms with van der Waals surface area (Å²) in [5, 5.41) is -0.545. The lowest BCUT2D eigenvalue weighted by Crippen LogP contribution is -2.41. The molecule has 1 fully saturated rings. The number of aromatic nitrogens is 2. The summed E-state index contributed by atoms with van der Waals surface area (Å²) in [6.07, 6.45) is 2.64. The van der Waals surface area contributed by atoms with E-state index in [1.165, 1.54) is 4.90 Å². The largest absolute Gasteiger partial charge is 0.329 e. The van der Waals surface area contributed by atoms with Gasteiger partial charge in [-0.25, -0.2) is 26.8 Å². The number of sulfone groups is 2. The highest BCUT2D eigenvalue weighted by Gasteiger charge is 2.36. The molecule has 0 unspecified atom stereocenters. The van der Waals surface area contributed by atoms with Crippen LogP contribution in [0.2, 0.25) is 5.02 Å². The number of amides is 1. The van der Waals surface area contributed by atoms with Gasteiger partial charge in [-0.05, 0) is 30.4 Å². The predicted molar refractivity (Wildman–Crippen MR) is 122 cm³/mol. The molecule has 3 rings (SSSR count). The molecule has 2 aromatic rings. The molecule has 0 spiro atoms. The van der Waals surface area contributed by atoms with E-state index in [2.05, 4.69) is 9.97 Å². The maximum atomic E-state index is 13.5. The van der Waals surface area contributed by atoms with Crippen LogP contribution in [0, 0.1) is 0 Å². The third-order valence-corrected chi connectivity index (χ3v) is 9.10. The SMILES string of the molecule is CCCS(=O)(=O)c1ncc(Cl)c(C(=O)N(Cc2ccc(CC)cc2)[C@@H]2CCS(=O)(=O)C2)n1. The van der Waals surface area contributed by atoms with E-state index in [9.17, 15) is 21.6 Å². The van der Waals surface area contributed by atoms with Crippen molar-refractivity contribution in [3.05, 3.63) is 52.3 Å². The lowest BCUT2D eigenvalue weighted by atomic mass is 10.1. The van der Waals surface area contributed by atoms with Crippen LogP contribution < -0.4 is 0 Å². The Kier molecular flexibility index (Phi) is 7.57. The quantitative estimate of drug-likeness (QED) is 0.513. The zero-order valence-corrected chi connectivity index (χ0v) is 20.4. The van der Waals surface area contributed by atoms with Crippen molar-refractivity contribution in [2.75, 3.05) is 17.3 Å². The number of hydrogen-bond acceptors (Lipinski definition) is 7. The van der Waals surface area contributed by atoms with Crippen molar-refractivity contribution in [3.8, 4) is 0 Å². The van der Waals surface area contributed by atoms with E-state index in [0.717, 1.165) is 23.7 Å². The number of hydrogen-bond donors (Lipinski definition) is 0. The third kappa shape index (κ3) is 5.65. The Morgan fingerprint density at radius 1 is 1.19 bits per heavy atom. The summed E-state index contributed by atoms with van der Waals surface area (Å²) in [5.41, 5.74) is 1.72. The van der Waals surface area contributed by atoms with E-state index in [1.54, 1.807) is 6.92 Å². The van der Waals surface area contributed by atoms with Crippen LogP contribution in [0.5, 0.6) is 0 Å². The minimum atomic E-state index is -3.76. The highest BCUT2D eigenvalue weighted by atomic mass is 35.5. The second kappa shape index (κ2) is 9.84. The van der Waals surface area contributed by atoms with Gasteiger partial charge in [0.05, 0.1) is 28.5 Å². The van der Waals surface area contributed by atoms with Crippen LogP contribution in [-0.2, 0) is 32.6 Å². The number of halogens is 1. The van der Waals surface area contributed by atoms with Gasteiger partial charge in [0.15, 0.2) is 15.5 Å². The lowest BCUT2D eigenvalue weighted by Gasteiger charge is -2.28. The average molecular weight is 500 g/mol. The van der Waals surface area contributed by atoms with E-state index in [4.69, 9.17) is 11.6 Å². The molecule has 1 amide bonds. The van der Waals surface area contributed by atoms with Crippen molar-refractivity contribution in [2.24, 2.45) is 0 Å². The van der Waals surface area contributed by atoms with E-state index >= 15 is 0 Å². The topological polar surface area (TPSA) is 114 Å². The smallest absolute Gasteiger partial charge is 0.274 e. The van der Waals surface area contributed by atoms with Crippen LogP contribution in [0.25, 0.3) is 0 Å². The number of aryl methyl sites for hydroxylation is 1. The van der Waals surface area contributed by atoms with Gasteiger partial charge in [-0.1, -0.05) is 49.7 Å². The molecule has 1 aromatic carbocycles. The molecule has 1 saturated heterocycles. The maximum absolute atomic E-state index is 13.5. The summed E-state index contributed by atoms with van der Waals surface area (Å²) in [6, 6.07) is 7.13. The molecular formula is C21H26ClN3O5S2. The Morgan fingerprint density at radius 2 is 1.84 bits per heavy atom. The van der Waals surface area contributed by atoms with Gasteiger partial charge in [0, 0.05) is 12.6 Å². The van der Waals surface area contributed by atoms with Gasteiger partial charge in [-0.3, -0.25) is 4.79 Å². The van der Waals surface area contributed by atoms with Gasteiger partial charge in [-0.2, -0.15) is 0 Å². The summed E-state index contributed by atoms with van der Waals surface area (Å²) in [5.74, 6) is -0.942. The predicted octanol–water partition coefficient (Wildman–Crippen LogP) is 2.71. The van der Waals surface area contributed by atoms with Gasteiger partial charge < -0.3 is 4.90 Å². The minimum Gasteiger partial charge on any atom is -0.329 e. The number of nitrogens with zero attached hydrogens (tertiary/aromatic N) is 3.